The lowest BCUT2D eigenvalue weighted by molar-refractivity contribution is 0.100. The fourth-order valence-electron chi connectivity index (χ4n) is 2.84. The molecular weight excluding hydrogens is 370 g/mol. The molecule has 8 nitrogen and oxygen atoms in total. The molecule has 0 bridgehead atoms. The first-order valence-corrected chi connectivity index (χ1v) is 9.45. The Bertz CT molecular complexity index is 1080. The fourth-order valence-corrected chi connectivity index (χ4v) is 2.84. The molecule has 2 heterocycles. The van der Waals surface area contributed by atoms with Crippen LogP contribution in [0.2, 0.25) is 0 Å². The highest BCUT2D eigenvalue weighted by molar-refractivity contribution is 6.01. The van der Waals surface area contributed by atoms with Gasteiger partial charge >= 0.3 is 0 Å². The summed E-state index contributed by atoms with van der Waals surface area (Å²) in [6.07, 6.45) is 5.33. The van der Waals surface area contributed by atoms with Gasteiger partial charge in [-0.15, -0.1) is 0 Å². The summed E-state index contributed by atoms with van der Waals surface area (Å²) in [5.74, 6) is 1.33. The molecule has 1 fully saturated rings. The van der Waals surface area contributed by atoms with Crippen LogP contribution < -0.4 is 15.6 Å². The van der Waals surface area contributed by atoms with E-state index in [1.54, 1.807) is 37.5 Å². The quantitative estimate of drug-likeness (QED) is 0.588. The normalized spacial score (nSPS) is 13.1. The Labute approximate surface area is 167 Å². The maximum atomic E-state index is 12.8. The van der Waals surface area contributed by atoms with E-state index in [4.69, 9.17) is 4.74 Å². The van der Waals surface area contributed by atoms with Crippen LogP contribution in [0.5, 0.6) is 5.75 Å². The Morgan fingerprint density at radius 3 is 2.83 bits per heavy atom. The van der Waals surface area contributed by atoms with Gasteiger partial charge in [0.2, 0.25) is 5.95 Å². The summed E-state index contributed by atoms with van der Waals surface area (Å²) < 4.78 is 7.18. The number of hydrogen-bond acceptors (Lipinski definition) is 7. The van der Waals surface area contributed by atoms with Gasteiger partial charge < -0.3 is 10.1 Å². The number of carbonyl (C=O) groups excluding carboxylic acids is 1. The van der Waals surface area contributed by atoms with Crippen LogP contribution in [-0.2, 0) is 7.05 Å². The average molecular weight is 391 g/mol. The lowest BCUT2D eigenvalue weighted by Gasteiger charge is -2.13. The van der Waals surface area contributed by atoms with Crippen LogP contribution in [0.1, 0.15) is 23.2 Å². The van der Waals surface area contributed by atoms with Crippen LogP contribution in [0.15, 0.2) is 53.7 Å². The van der Waals surface area contributed by atoms with Gasteiger partial charge in [-0.1, -0.05) is 12.1 Å². The van der Waals surface area contributed by atoms with E-state index in [9.17, 15) is 9.59 Å². The van der Waals surface area contributed by atoms with Gasteiger partial charge in [0.25, 0.3) is 5.56 Å². The number of ketones is 1. The standard InChI is InChI=1S/C21H21N5O3/c1-26-20(28)10-17(16-8-9-22-13-24-16)25-21(26)23-11-18(27)15-4-2-3-5-19(15)29-12-14-6-7-14/h2-5,8-10,13-14H,6-7,11-12H2,1H3,(H,23,25). The topological polar surface area (TPSA) is 99.0 Å². The van der Waals surface area contributed by atoms with Gasteiger partial charge in [-0.05, 0) is 37.0 Å². The maximum Gasteiger partial charge on any atom is 0.255 e. The molecule has 1 N–H and O–H groups in total. The van der Waals surface area contributed by atoms with Crippen molar-refractivity contribution in [1.29, 1.82) is 0 Å². The molecule has 1 aromatic carbocycles. The third-order valence-electron chi connectivity index (χ3n) is 4.75. The molecule has 0 amide bonds. The van der Waals surface area contributed by atoms with Crippen molar-refractivity contribution in [2.75, 3.05) is 18.5 Å². The zero-order valence-electron chi connectivity index (χ0n) is 16.0. The van der Waals surface area contributed by atoms with Gasteiger partial charge in [0.1, 0.15) is 12.1 Å². The summed E-state index contributed by atoms with van der Waals surface area (Å²) >= 11 is 0. The number of nitrogens with one attached hydrogen (secondary N) is 1. The minimum absolute atomic E-state index is 0.0166. The summed E-state index contributed by atoms with van der Waals surface area (Å²) in [5, 5.41) is 2.97. The number of benzene rings is 1. The van der Waals surface area contributed by atoms with Crippen molar-refractivity contribution in [2.45, 2.75) is 12.8 Å². The third kappa shape index (κ3) is 4.48. The highest BCUT2D eigenvalue weighted by Gasteiger charge is 2.23. The molecule has 8 heteroatoms. The predicted molar refractivity (Wildman–Crippen MR) is 108 cm³/mol. The Balaban J connectivity index is 1.51. The van der Waals surface area contributed by atoms with E-state index >= 15 is 0 Å². The summed E-state index contributed by atoms with van der Waals surface area (Å²) in [7, 11) is 1.60. The minimum atomic E-state index is -0.253. The molecular formula is C21H21N5O3. The molecule has 0 aliphatic heterocycles. The molecule has 0 atom stereocenters. The van der Waals surface area contributed by atoms with Gasteiger partial charge in [-0.2, -0.15) is 0 Å². The summed E-state index contributed by atoms with van der Waals surface area (Å²) in [6, 6.07) is 10.3. The van der Waals surface area contributed by atoms with Crippen LogP contribution in [0.4, 0.5) is 5.95 Å². The molecule has 3 aromatic rings. The van der Waals surface area contributed by atoms with Gasteiger partial charge in [0.15, 0.2) is 5.78 Å². The average Bonchev–Trinajstić information content (AvgIpc) is 3.58. The second-order valence-corrected chi connectivity index (χ2v) is 6.98. The van der Waals surface area contributed by atoms with E-state index in [0.29, 0.717) is 35.2 Å². The predicted octanol–water partition coefficient (Wildman–Crippen LogP) is 2.32. The van der Waals surface area contributed by atoms with Crippen LogP contribution in [0, 0.1) is 5.92 Å². The van der Waals surface area contributed by atoms with E-state index in [0.717, 1.165) is 0 Å². The number of Topliss-reactive ketones (excluding diaryl/α,β-unsaturated/α-hetero) is 1. The number of aromatic nitrogens is 4. The summed E-state index contributed by atoms with van der Waals surface area (Å²) in [6.45, 7) is 0.617. The third-order valence-corrected chi connectivity index (χ3v) is 4.75. The number of hydrogen-bond donors (Lipinski definition) is 1. The van der Waals surface area contributed by atoms with Gasteiger partial charge in [0, 0.05) is 19.3 Å². The second-order valence-electron chi connectivity index (χ2n) is 6.98. The summed E-state index contributed by atoms with van der Waals surface area (Å²) in [5.41, 5.74) is 1.21. The van der Waals surface area contributed by atoms with E-state index in [2.05, 4.69) is 20.3 Å². The minimum Gasteiger partial charge on any atom is -0.493 e. The lowest BCUT2D eigenvalue weighted by atomic mass is 10.1. The maximum absolute atomic E-state index is 12.8. The van der Waals surface area contributed by atoms with Crippen LogP contribution >= 0.6 is 0 Å². The molecule has 1 aliphatic rings. The van der Waals surface area contributed by atoms with Crippen molar-refractivity contribution in [1.82, 2.24) is 19.5 Å². The first-order chi connectivity index (χ1) is 14.1. The van der Waals surface area contributed by atoms with Crippen molar-refractivity contribution < 1.29 is 9.53 Å². The van der Waals surface area contributed by atoms with E-state index in [1.165, 1.54) is 29.8 Å². The van der Waals surface area contributed by atoms with Crippen molar-refractivity contribution in [3.8, 4) is 17.1 Å². The first kappa shape index (κ1) is 18.8. The Kier molecular flexibility index (Phi) is 5.33. The monoisotopic (exact) mass is 391 g/mol. The number of anilines is 1. The smallest absolute Gasteiger partial charge is 0.255 e. The SMILES string of the molecule is Cn1c(NCC(=O)c2ccccc2OCC2CC2)nc(-c2ccncn2)cc1=O. The highest BCUT2D eigenvalue weighted by Crippen LogP contribution is 2.30. The van der Waals surface area contributed by atoms with Crippen molar-refractivity contribution in [2.24, 2.45) is 13.0 Å². The zero-order chi connectivity index (χ0) is 20.2. The van der Waals surface area contributed by atoms with Gasteiger partial charge in [-0.3, -0.25) is 14.2 Å². The number of carbonyl (C=O) groups is 1. The molecule has 0 saturated heterocycles. The van der Waals surface area contributed by atoms with Crippen molar-refractivity contribution in [3.63, 3.8) is 0 Å². The number of para-hydroxylation sites is 1. The lowest BCUT2D eigenvalue weighted by Crippen LogP contribution is -2.25. The van der Waals surface area contributed by atoms with Crippen LogP contribution in [-0.4, -0.2) is 38.5 Å². The second kappa shape index (κ2) is 8.22. The molecule has 1 aliphatic carbocycles. The van der Waals surface area contributed by atoms with Gasteiger partial charge in [0.05, 0.1) is 30.1 Å². The fraction of sp³-hybridized carbons (Fsp3) is 0.286. The molecule has 0 unspecified atom stereocenters. The molecule has 4 rings (SSSR count). The number of ether oxygens (including phenoxy) is 1. The van der Waals surface area contributed by atoms with Crippen LogP contribution in [0.3, 0.4) is 0 Å². The Hall–Kier alpha value is -3.55. The molecule has 148 valence electrons. The number of rotatable bonds is 8. The molecule has 1 saturated carbocycles. The molecule has 0 radical (unpaired) electrons. The van der Waals surface area contributed by atoms with Crippen molar-refractivity contribution in [3.05, 3.63) is 64.8 Å². The summed E-state index contributed by atoms with van der Waals surface area (Å²) in [4.78, 5) is 37.5. The Morgan fingerprint density at radius 1 is 1.24 bits per heavy atom. The van der Waals surface area contributed by atoms with Crippen LogP contribution in [0.25, 0.3) is 11.4 Å². The molecule has 0 spiro atoms. The Morgan fingerprint density at radius 2 is 2.07 bits per heavy atom. The zero-order valence-corrected chi connectivity index (χ0v) is 16.0. The largest absolute Gasteiger partial charge is 0.493 e. The van der Waals surface area contributed by atoms with E-state index in [1.807, 2.05) is 6.07 Å². The number of nitrogens with zero attached hydrogens (tertiary/aromatic N) is 4. The van der Waals surface area contributed by atoms with Gasteiger partial charge in [-0.25, -0.2) is 15.0 Å². The first-order valence-electron chi connectivity index (χ1n) is 9.45. The van der Waals surface area contributed by atoms with Crippen molar-refractivity contribution >= 4 is 11.7 Å². The van der Waals surface area contributed by atoms with E-state index < -0.39 is 0 Å². The van der Waals surface area contributed by atoms with E-state index in [-0.39, 0.29) is 23.8 Å². The molecule has 2 aromatic heterocycles. The highest BCUT2D eigenvalue weighted by atomic mass is 16.5. The molecule has 29 heavy (non-hydrogen) atoms.